The summed E-state index contributed by atoms with van der Waals surface area (Å²) in [7, 11) is 0.102. The van der Waals surface area contributed by atoms with E-state index in [0.29, 0.717) is 62.5 Å². The topological polar surface area (TPSA) is 195 Å². The van der Waals surface area contributed by atoms with Gasteiger partial charge in [0.15, 0.2) is 5.78 Å². The number of hydrogen-bond acceptors (Lipinski definition) is 13. The van der Waals surface area contributed by atoms with Crippen LogP contribution in [0.3, 0.4) is 0 Å². The Morgan fingerprint density at radius 1 is 0.892 bits per heavy atom. The molecule has 0 aromatic carbocycles. The molecule has 366 valence electrons. The molecule has 4 rings (SSSR count). The maximum absolute atomic E-state index is 14.4. The van der Waals surface area contributed by atoms with Crippen molar-refractivity contribution >= 4 is 29.2 Å². The van der Waals surface area contributed by atoms with Crippen LogP contribution in [0.2, 0.25) is 0 Å². The van der Waals surface area contributed by atoms with E-state index in [1.807, 2.05) is 19.9 Å². The first kappa shape index (κ1) is 49.5. The minimum absolute atomic E-state index is 0.0213. The van der Waals surface area contributed by atoms with E-state index in [1.54, 1.807) is 72.1 Å². The van der Waals surface area contributed by atoms with Crippen molar-refractivity contribution in [3.8, 4) is 0 Å². The van der Waals surface area contributed by atoms with Gasteiger partial charge in [-0.15, -0.1) is 0 Å². The molecule has 2 bridgehead atoms. The fourth-order valence-corrected chi connectivity index (χ4v) is 9.98. The predicted molar refractivity (Wildman–Crippen MR) is 245 cm³/mol. The molecule has 0 radical (unpaired) electrons. The molecule has 1 saturated carbocycles. The Labute approximate surface area is 391 Å². The minimum atomic E-state index is -2.80. The Bertz CT molecular complexity index is 1870. The number of methoxy groups -OCH3 is 3. The van der Waals surface area contributed by atoms with Gasteiger partial charge in [0.1, 0.15) is 30.1 Å². The van der Waals surface area contributed by atoms with E-state index in [2.05, 4.69) is 0 Å². The van der Waals surface area contributed by atoms with Gasteiger partial charge in [0.2, 0.25) is 5.79 Å². The zero-order valence-corrected chi connectivity index (χ0v) is 40.1. The molecule has 0 spiro atoms. The average Bonchev–Trinajstić information content (AvgIpc) is 3.28. The number of amides is 1. The number of hydrogen-bond donors (Lipinski definition) is 3. The highest BCUT2D eigenvalue weighted by Crippen LogP contribution is 2.38. The molecule has 0 aromatic heterocycles. The Morgan fingerprint density at radius 2 is 1.63 bits per heavy atom. The lowest BCUT2D eigenvalue weighted by Crippen LogP contribution is -2.61. The van der Waals surface area contributed by atoms with Gasteiger partial charge in [-0.05, 0) is 107 Å². The maximum atomic E-state index is 14.4. The van der Waals surface area contributed by atoms with Crippen LogP contribution in [0, 0.1) is 35.5 Å². The summed E-state index contributed by atoms with van der Waals surface area (Å²) < 4.78 is 52.5. The van der Waals surface area contributed by atoms with Gasteiger partial charge in [0.05, 0.1) is 28.5 Å². The molecule has 65 heavy (non-hydrogen) atoms. The lowest BCUT2D eigenvalue weighted by atomic mass is 9.78. The number of allylic oxidation sites excluding steroid dienone is 6. The van der Waals surface area contributed by atoms with Crippen LogP contribution in [0.15, 0.2) is 47.6 Å². The van der Waals surface area contributed by atoms with Crippen molar-refractivity contribution in [3.05, 3.63) is 47.6 Å². The van der Waals surface area contributed by atoms with Crippen LogP contribution in [0.5, 0.6) is 0 Å². The second-order valence-corrected chi connectivity index (χ2v) is 19.5. The van der Waals surface area contributed by atoms with E-state index in [0.717, 1.165) is 4.90 Å². The molecule has 3 N–H and O–H groups in total. The Balaban J connectivity index is 1.73. The standard InChI is InChI=1S/C51H79NO13/c1-30-16-12-11-13-17-31(2)42(61-8)28-38-21-19-36(7)51(60,65-38)48(57)49(58)52-23-15-14-18-39(52)50(59)64-43(33(4)26-37-20-22-40(53)44(27-37)62-9)29-41(54)32(3)25-35(6)46(56)47(63-10)45(55)34(5)24-30/h11-13,16-17,25,30,32-34,36-40,42-44,46-47,53,56,60H,14-15,18-24,26-29H2,1-10H3/b13-11+,16-12+,31-17-,35-25-/t30-,32-,33-,34-,36-,37+,38+,39+,40-,42?,43?,44-,46-,47?,51-/m0/s1/i8D3. The van der Waals surface area contributed by atoms with Gasteiger partial charge in [-0.2, -0.15) is 0 Å². The third-order valence-corrected chi connectivity index (χ3v) is 14.3. The van der Waals surface area contributed by atoms with Crippen molar-refractivity contribution in [1.82, 2.24) is 4.90 Å². The molecule has 1 amide bonds. The van der Waals surface area contributed by atoms with Crippen LogP contribution in [-0.4, -0.2) is 132 Å². The van der Waals surface area contributed by atoms with Crippen molar-refractivity contribution in [2.45, 2.75) is 180 Å². The summed E-state index contributed by atoms with van der Waals surface area (Å²) >= 11 is 0. The number of ether oxygens (including phenoxy) is 5. The number of piperidine rings is 1. The molecular weight excluding hydrogens is 835 g/mol. The number of cyclic esters (lactones) is 1. The molecule has 4 aliphatic rings. The molecular formula is C51H79NO13. The number of carbonyl (C=O) groups excluding carboxylic acids is 5. The van der Waals surface area contributed by atoms with Gasteiger partial charge in [-0.25, -0.2) is 4.79 Å². The number of carbonyl (C=O) groups is 5. The number of rotatable bonds is 6. The predicted octanol–water partition coefficient (Wildman–Crippen LogP) is 6.18. The molecule has 0 aromatic rings. The smallest absolute Gasteiger partial charge is 0.329 e. The lowest BCUT2D eigenvalue weighted by molar-refractivity contribution is -0.265. The molecule has 15 atom stereocenters. The normalized spacial score (nSPS) is 41.3. The molecule has 3 heterocycles. The van der Waals surface area contributed by atoms with Gasteiger partial charge in [0.25, 0.3) is 11.7 Å². The zero-order valence-electron chi connectivity index (χ0n) is 43.1. The van der Waals surface area contributed by atoms with Crippen molar-refractivity contribution in [3.63, 3.8) is 0 Å². The van der Waals surface area contributed by atoms with Gasteiger partial charge in [0, 0.05) is 58.4 Å². The van der Waals surface area contributed by atoms with E-state index in [9.17, 15) is 39.3 Å². The highest BCUT2D eigenvalue weighted by atomic mass is 16.6. The van der Waals surface area contributed by atoms with Crippen LogP contribution >= 0.6 is 0 Å². The molecule has 14 nitrogen and oxygen atoms in total. The highest BCUT2D eigenvalue weighted by molar-refractivity contribution is 6.39. The highest BCUT2D eigenvalue weighted by Gasteiger charge is 2.53. The molecule has 14 heteroatoms. The first-order valence-corrected chi connectivity index (χ1v) is 23.7. The van der Waals surface area contributed by atoms with Crippen molar-refractivity contribution in [2.24, 2.45) is 35.5 Å². The monoisotopic (exact) mass is 917 g/mol. The van der Waals surface area contributed by atoms with Crippen LogP contribution in [0.1, 0.15) is 130 Å². The summed E-state index contributed by atoms with van der Waals surface area (Å²) in [5.41, 5.74) is 0.882. The molecule has 1 aliphatic carbocycles. The maximum Gasteiger partial charge on any atom is 0.329 e. The lowest BCUT2D eigenvalue weighted by Gasteiger charge is -2.42. The third-order valence-electron chi connectivity index (χ3n) is 14.3. The van der Waals surface area contributed by atoms with E-state index in [1.165, 1.54) is 7.11 Å². The summed E-state index contributed by atoms with van der Waals surface area (Å²) in [6, 6.07) is -1.21. The molecule has 3 aliphatic heterocycles. The number of aliphatic hydroxyl groups excluding tert-OH is 2. The summed E-state index contributed by atoms with van der Waals surface area (Å²) in [6.07, 6.45) is 8.32. The summed E-state index contributed by atoms with van der Waals surface area (Å²) in [5, 5.41) is 33.9. The molecule has 3 unspecified atom stereocenters. The SMILES string of the molecule is [2H]C([2H])([2H])OC1C[C@H]2CC[C@H](C)[C@](O)(O2)C(=O)C(=O)N2CCCC[C@@H]2C(=O)OC([C@@H](C)C[C@H]2CC[C@H](O)[C@@H](OC)C2)CC(=O)[C@@H](C)/C=C(/C)[C@H](O)C(OC)C(=O)[C@@H](C)C[C@@H](C)/C=C/C=C/C=C\1C. The second kappa shape index (κ2) is 25.1. The van der Waals surface area contributed by atoms with Crippen LogP contribution < -0.4 is 0 Å². The van der Waals surface area contributed by atoms with E-state index >= 15 is 0 Å². The van der Waals surface area contributed by atoms with Crippen LogP contribution in [0.4, 0.5) is 0 Å². The number of ketones is 3. The molecule has 3 fully saturated rings. The van der Waals surface area contributed by atoms with Gasteiger partial charge < -0.3 is 43.9 Å². The first-order chi connectivity index (χ1) is 31.9. The number of fused-ring (bicyclic) bond motifs is 3. The summed E-state index contributed by atoms with van der Waals surface area (Å²) in [6.45, 7) is 12.2. The van der Waals surface area contributed by atoms with Crippen molar-refractivity contribution in [2.75, 3.05) is 27.8 Å². The van der Waals surface area contributed by atoms with Crippen LogP contribution in [0.25, 0.3) is 0 Å². The zero-order chi connectivity index (χ0) is 50.7. The molecule has 2 saturated heterocycles. The van der Waals surface area contributed by atoms with Gasteiger partial charge in [-0.1, -0.05) is 71.1 Å². The van der Waals surface area contributed by atoms with Crippen LogP contribution in [-0.2, 0) is 47.7 Å². The summed E-state index contributed by atoms with van der Waals surface area (Å²) in [4.78, 5) is 71.9. The van der Waals surface area contributed by atoms with Crippen molar-refractivity contribution < 1.29 is 67.1 Å². The van der Waals surface area contributed by atoms with Gasteiger partial charge in [-0.3, -0.25) is 19.2 Å². The third kappa shape index (κ3) is 14.3. The van der Waals surface area contributed by atoms with Crippen molar-refractivity contribution in [1.29, 1.82) is 0 Å². The van der Waals surface area contributed by atoms with E-state index in [4.69, 9.17) is 27.8 Å². The number of aliphatic hydroxyl groups is 3. The van der Waals surface area contributed by atoms with Gasteiger partial charge >= 0.3 is 5.97 Å². The second-order valence-electron chi connectivity index (χ2n) is 19.5. The largest absolute Gasteiger partial charge is 0.460 e. The average molecular weight is 917 g/mol. The Kier molecular flexibility index (Phi) is 19.1. The summed E-state index contributed by atoms with van der Waals surface area (Å²) in [5.74, 6) is -8.82. The fraction of sp³-hybridized carbons (Fsp3) is 0.745. The first-order valence-electron chi connectivity index (χ1n) is 25.2. The quantitative estimate of drug-likeness (QED) is 0.155. The van der Waals surface area contributed by atoms with E-state index in [-0.39, 0.29) is 67.7 Å². The Hall–Kier alpha value is -3.37. The fourth-order valence-electron chi connectivity index (χ4n) is 9.98. The van der Waals surface area contributed by atoms with E-state index < -0.39 is 90.9 Å². The number of Topliss-reactive ketones (excluding diaryl/α,β-unsaturated/α-hetero) is 3. The number of esters is 1. The minimum Gasteiger partial charge on any atom is -0.460 e. The number of nitrogens with zero attached hydrogens (tertiary/aromatic N) is 1. The Morgan fingerprint density at radius 3 is 2.32 bits per heavy atom.